The molecule has 0 atom stereocenters. The Bertz CT molecular complexity index is 3280. The van der Waals surface area contributed by atoms with Crippen molar-refractivity contribution >= 4 is 67.8 Å². The van der Waals surface area contributed by atoms with Gasteiger partial charge in [-0.15, -0.1) is 0 Å². The molecule has 0 radical (unpaired) electrons. The van der Waals surface area contributed by atoms with E-state index in [1.807, 2.05) is 49.3 Å². The van der Waals surface area contributed by atoms with Gasteiger partial charge in [0.25, 0.3) is 0 Å². The van der Waals surface area contributed by atoms with E-state index in [-0.39, 0.29) is 0 Å². The Morgan fingerprint density at radius 1 is 0.474 bits per heavy atom. The Hall–Kier alpha value is -7.64. The van der Waals surface area contributed by atoms with Crippen LogP contribution >= 0.6 is 0 Å². The molecule has 2 aliphatic carbocycles. The number of piperazine rings is 2. The summed E-state index contributed by atoms with van der Waals surface area (Å²) >= 11 is 0. The molecular formula is C60H66N16O2. The van der Waals surface area contributed by atoms with Gasteiger partial charge in [0, 0.05) is 137 Å². The normalized spacial score (nSPS) is 18.2. The lowest BCUT2D eigenvalue weighted by molar-refractivity contribution is 0.122. The fourth-order valence-corrected chi connectivity index (χ4v) is 11.9. The molecule has 0 bridgehead atoms. The Kier molecular flexibility index (Phi) is 13.1. The van der Waals surface area contributed by atoms with Crippen LogP contribution in [0.1, 0.15) is 59.8 Å². The van der Waals surface area contributed by atoms with E-state index in [1.54, 1.807) is 0 Å². The highest BCUT2D eigenvalue weighted by Gasteiger charge is 2.33. The molecule has 0 unspecified atom stereocenters. The third kappa shape index (κ3) is 9.54. The third-order valence-electron chi connectivity index (χ3n) is 16.3. The van der Waals surface area contributed by atoms with Gasteiger partial charge in [-0.05, 0) is 134 Å². The van der Waals surface area contributed by atoms with E-state index >= 15 is 0 Å². The van der Waals surface area contributed by atoms with Crippen LogP contribution in [0.5, 0.6) is 0 Å². The van der Waals surface area contributed by atoms with Crippen molar-refractivity contribution in [2.75, 3.05) is 135 Å². The zero-order valence-corrected chi connectivity index (χ0v) is 44.6. The van der Waals surface area contributed by atoms with Crippen LogP contribution in [-0.2, 0) is 9.47 Å². The number of morpholine rings is 2. The molecule has 6 aliphatic rings. The van der Waals surface area contributed by atoms with Crippen molar-refractivity contribution in [2.45, 2.75) is 51.4 Å². The van der Waals surface area contributed by atoms with E-state index in [0.717, 1.165) is 183 Å². The summed E-state index contributed by atoms with van der Waals surface area (Å²) in [5.74, 6) is 5.49. The van der Waals surface area contributed by atoms with Crippen molar-refractivity contribution in [3.63, 3.8) is 0 Å². The Morgan fingerprint density at radius 2 is 0.897 bits per heavy atom. The summed E-state index contributed by atoms with van der Waals surface area (Å²) < 4.78 is 11.6. The second-order valence-corrected chi connectivity index (χ2v) is 21.6. The Balaban J connectivity index is 0.956. The number of nitrogens with one attached hydrogen (secondary N) is 2. The minimum atomic E-state index is 0.486. The van der Waals surface area contributed by atoms with Gasteiger partial charge >= 0.3 is 0 Å². The summed E-state index contributed by atoms with van der Waals surface area (Å²) in [5, 5.41) is 13.8. The summed E-state index contributed by atoms with van der Waals surface area (Å²) in [4.78, 5) is 51.4. The lowest BCUT2D eigenvalue weighted by Crippen LogP contribution is -2.44. The molecule has 78 heavy (non-hydrogen) atoms. The highest BCUT2D eigenvalue weighted by molar-refractivity contribution is 5.96. The number of hydrogen-bond donors (Lipinski definition) is 2. The van der Waals surface area contributed by atoms with Crippen LogP contribution in [-0.4, -0.2) is 145 Å². The van der Waals surface area contributed by atoms with Crippen LogP contribution in [0.25, 0.3) is 44.6 Å². The summed E-state index contributed by atoms with van der Waals surface area (Å²) in [5.41, 5.74) is 12.2. The van der Waals surface area contributed by atoms with E-state index in [1.165, 1.54) is 11.1 Å². The van der Waals surface area contributed by atoms with Crippen molar-refractivity contribution in [3.05, 3.63) is 120 Å². The first-order valence-electron chi connectivity index (χ1n) is 28.1. The monoisotopic (exact) mass is 1040 g/mol. The Morgan fingerprint density at radius 3 is 1.29 bits per heavy atom. The van der Waals surface area contributed by atoms with Gasteiger partial charge in [-0.25, -0.2) is 39.9 Å². The highest BCUT2D eigenvalue weighted by Crippen LogP contribution is 2.47. The van der Waals surface area contributed by atoms with Crippen LogP contribution in [0.4, 0.5) is 46.0 Å². The van der Waals surface area contributed by atoms with Crippen molar-refractivity contribution in [2.24, 2.45) is 0 Å². The molecule has 18 nitrogen and oxygen atoms in total. The molecule has 14 rings (SSSR count). The number of hydrazine groups is 1. The van der Waals surface area contributed by atoms with Crippen molar-refractivity contribution < 1.29 is 9.47 Å². The number of ether oxygens (including phenoxy) is 2. The van der Waals surface area contributed by atoms with Crippen molar-refractivity contribution in [1.82, 2.24) is 50.5 Å². The van der Waals surface area contributed by atoms with Gasteiger partial charge in [-0.1, -0.05) is 0 Å². The average Bonchev–Trinajstić information content (AvgIpc) is 4.51. The van der Waals surface area contributed by atoms with Gasteiger partial charge in [0.2, 0.25) is 0 Å². The van der Waals surface area contributed by atoms with Gasteiger partial charge in [0.05, 0.1) is 61.2 Å². The molecular weight excluding hydrogens is 977 g/mol. The van der Waals surface area contributed by atoms with Crippen LogP contribution in [0, 0.1) is 13.8 Å². The van der Waals surface area contributed by atoms with E-state index in [0.29, 0.717) is 61.5 Å². The Labute approximate surface area is 454 Å². The maximum absolute atomic E-state index is 5.79. The fraction of sp³-hybridized carbons (Fsp3) is 0.400. The minimum absolute atomic E-state index is 0.486. The van der Waals surface area contributed by atoms with E-state index in [4.69, 9.17) is 49.3 Å². The van der Waals surface area contributed by atoms with Crippen LogP contribution in [0.3, 0.4) is 0 Å². The van der Waals surface area contributed by atoms with E-state index in [2.05, 4.69) is 103 Å². The molecule has 10 heterocycles. The molecule has 8 aromatic rings. The number of benzene rings is 2. The van der Waals surface area contributed by atoms with E-state index < -0.39 is 0 Å². The SMILES string of the molecule is Cc1cc(N2CCOCC2)ccc1N(c1cc(-c2nc(N3CCNCC3)c3c(C4CC4)cncc3n2)ccn1)N(c1cc(-c2nc(N3CCNCC3)c3c(C4CC4)cncc3n2)ccn1)c1ccc(N2CCOCC2)cc1C. The molecule has 18 heteroatoms. The molecule has 0 spiro atoms. The lowest BCUT2D eigenvalue weighted by atomic mass is 10.1. The molecule has 398 valence electrons. The minimum Gasteiger partial charge on any atom is -0.378 e. The van der Waals surface area contributed by atoms with Gasteiger partial charge < -0.3 is 39.7 Å². The van der Waals surface area contributed by atoms with Crippen molar-refractivity contribution in [1.29, 1.82) is 0 Å². The largest absolute Gasteiger partial charge is 0.378 e. The highest BCUT2D eigenvalue weighted by atomic mass is 16.5. The number of fused-ring (bicyclic) bond motifs is 2. The second kappa shape index (κ2) is 21.0. The number of pyridine rings is 4. The maximum Gasteiger partial charge on any atom is 0.162 e. The first kappa shape index (κ1) is 48.7. The van der Waals surface area contributed by atoms with Crippen LogP contribution in [0.15, 0.2) is 97.8 Å². The van der Waals surface area contributed by atoms with Crippen molar-refractivity contribution in [3.8, 4) is 22.8 Å². The van der Waals surface area contributed by atoms with E-state index in [9.17, 15) is 0 Å². The molecule has 2 aromatic carbocycles. The van der Waals surface area contributed by atoms with Gasteiger partial charge in [-0.3, -0.25) is 9.97 Å². The number of hydrogen-bond acceptors (Lipinski definition) is 18. The predicted molar refractivity (Wildman–Crippen MR) is 308 cm³/mol. The summed E-state index contributed by atoms with van der Waals surface area (Å²) in [6.07, 6.45) is 16.3. The molecule has 2 saturated carbocycles. The summed E-state index contributed by atoms with van der Waals surface area (Å²) in [7, 11) is 0. The lowest BCUT2D eigenvalue weighted by Gasteiger charge is -2.39. The molecule has 4 aliphatic heterocycles. The topological polar surface area (TPSA) is 165 Å². The van der Waals surface area contributed by atoms with Crippen LogP contribution in [0.2, 0.25) is 0 Å². The molecule has 2 N–H and O–H groups in total. The molecule has 0 amide bonds. The molecule has 6 aromatic heterocycles. The predicted octanol–water partition coefficient (Wildman–Crippen LogP) is 8.24. The van der Waals surface area contributed by atoms with Gasteiger partial charge in [0.1, 0.15) is 11.6 Å². The number of anilines is 8. The zero-order valence-electron chi connectivity index (χ0n) is 44.6. The number of nitrogens with zero attached hydrogens (tertiary/aromatic N) is 14. The molecule has 6 fully saturated rings. The van der Waals surface area contributed by atoms with Gasteiger partial charge in [0.15, 0.2) is 23.3 Å². The fourth-order valence-electron chi connectivity index (χ4n) is 11.9. The first-order chi connectivity index (χ1) is 38.5. The smallest absolute Gasteiger partial charge is 0.162 e. The standard InChI is InChI=1S/C60H66N16O2/c1-39-31-45(71-23-27-77-28-24-71)7-9-51(39)75(53-33-43(11-13-65-53)57-67-49-37-63-35-47(41-3-4-41)55(49)59(69-57)73-19-15-61-16-20-73)76(52-10-8-46(32-40(52)2)72-25-29-78-30-26-72)54-34-44(12-14-66-54)58-68-50-38-64-36-48(42-5-6-42)56(50)60(70-58)74-21-17-62-18-22-74/h7-14,31-38,41-42,61-62H,3-6,15-30H2,1-2H3. The molecule has 4 saturated heterocycles. The zero-order chi connectivity index (χ0) is 52.1. The summed E-state index contributed by atoms with van der Waals surface area (Å²) in [6.45, 7) is 17.5. The number of aromatic nitrogens is 8. The number of aryl methyl sites for hydroxylation is 2. The second-order valence-electron chi connectivity index (χ2n) is 21.6. The first-order valence-corrected chi connectivity index (χ1v) is 28.1. The number of rotatable bonds is 13. The maximum atomic E-state index is 5.79. The van der Waals surface area contributed by atoms with Crippen LogP contribution < -0.4 is 40.3 Å². The quantitative estimate of drug-likeness (QED) is 0.106. The third-order valence-corrected chi connectivity index (χ3v) is 16.3. The van der Waals surface area contributed by atoms with Gasteiger partial charge in [-0.2, -0.15) is 0 Å². The summed E-state index contributed by atoms with van der Waals surface area (Å²) in [6, 6.07) is 21.8. The average molecular weight is 1040 g/mol.